The number of hydrogen-bond donors (Lipinski definition) is 2. The predicted octanol–water partition coefficient (Wildman–Crippen LogP) is 3.01. The smallest absolute Gasteiger partial charge is 0.352 e. The SMILES string of the molecule is Cc1cc(C)cc(Nc2nc(C)cc3nn(CC(=O)NC4CCCCC4)c(=O)n23)c1. The van der Waals surface area contributed by atoms with Crippen molar-refractivity contribution in [3.63, 3.8) is 0 Å². The highest BCUT2D eigenvalue weighted by Gasteiger charge is 2.19. The highest BCUT2D eigenvalue weighted by atomic mass is 16.2. The molecule has 8 nitrogen and oxygen atoms in total. The maximum Gasteiger partial charge on any atom is 0.353 e. The van der Waals surface area contributed by atoms with Crippen molar-refractivity contribution in [1.82, 2.24) is 24.5 Å². The van der Waals surface area contributed by atoms with Crippen LogP contribution in [0.5, 0.6) is 0 Å². The first-order valence-electron chi connectivity index (χ1n) is 10.5. The van der Waals surface area contributed by atoms with Gasteiger partial charge in [0, 0.05) is 23.5 Å². The third-order valence-corrected chi connectivity index (χ3v) is 5.44. The molecule has 0 aliphatic heterocycles. The number of carbonyl (C=O) groups excluding carboxylic acids is 1. The third kappa shape index (κ3) is 4.37. The number of carbonyl (C=O) groups is 1. The van der Waals surface area contributed by atoms with Crippen molar-refractivity contribution in [2.45, 2.75) is 65.5 Å². The molecule has 1 aliphatic carbocycles. The van der Waals surface area contributed by atoms with Crippen LogP contribution in [0.1, 0.15) is 48.9 Å². The van der Waals surface area contributed by atoms with Crippen LogP contribution in [0.15, 0.2) is 29.1 Å². The fourth-order valence-electron chi connectivity index (χ4n) is 4.17. The molecule has 30 heavy (non-hydrogen) atoms. The fraction of sp³-hybridized carbons (Fsp3) is 0.455. The Morgan fingerprint density at radius 1 is 1.07 bits per heavy atom. The van der Waals surface area contributed by atoms with Gasteiger partial charge in [-0.2, -0.15) is 0 Å². The number of aromatic nitrogens is 4. The molecule has 2 aromatic heterocycles. The molecule has 0 saturated heterocycles. The van der Waals surface area contributed by atoms with E-state index in [4.69, 9.17) is 0 Å². The van der Waals surface area contributed by atoms with Crippen LogP contribution in [-0.4, -0.2) is 31.1 Å². The summed E-state index contributed by atoms with van der Waals surface area (Å²) in [6.45, 7) is 5.80. The molecule has 158 valence electrons. The minimum absolute atomic E-state index is 0.0982. The number of anilines is 2. The molecule has 0 bridgehead atoms. The summed E-state index contributed by atoms with van der Waals surface area (Å²) in [5.41, 5.74) is 3.89. The van der Waals surface area contributed by atoms with E-state index in [9.17, 15) is 9.59 Å². The van der Waals surface area contributed by atoms with E-state index in [1.807, 2.05) is 32.9 Å². The van der Waals surface area contributed by atoms with Gasteiger partial charge in [0.1, 0.15) is 6.54 Å². The number of amides is 1. The van der Waals surface area contributed by atoms with Gasteiger partial charge in [0.2, 0.25) is 11.9 Å². The minimum atomic E-state index is -0.386. The number of fused-ring (bicyclic) bond motifs is 1. The lowest BCUT2D eigenvalue weighted by Gasteiger charge is -2.22. The second kappa shape index (κ2) is 8.30. The standard InChI is InChI=1S/C22H28N6O2/c1-14-9-15(2)11-18(10-14)25-21-23-16(3)12-19-26-27(22(30)28(19)21)13-20(29)24-17-7-5-4-6-8-17/h9-12,17H,4-8,13H2,1-3H3,(H,23,25)(H,24,29). The van der Waals surface area contributed by atoms with E-state index in [-0.39, 0.29) is 24.2 Å². The summed E-state index contributed by atoms with van der Waals surface area (Å²) in [6.07, 6.45) is 5.49. The van der Waals surface area contributed by atoms with E-state index in [1.54, 1.807) is 6.07 Å². The number of aryl methyl sites for hydroxylation is 3. The molecule has 2 heterocycles. The van der Waals surface area contributed by atoms with Crippen LogP contribution in [-0.2, 0) is 11.3 Å². The summed E-state index contributed by atoms with van der Waals surface area (Å²) in [4.78, 5) is 30.0. The number of rotatable bonds is 5. The zero-order valence-electron chi connectivity index (χ0n) is 17.7. The average molecular weight is 409 g/mol. The first-order chi connectivity index (χ1) is 14.4. The average Bonchev–Trinajstić information content (AvgIpc) is 2.96. The van der Waals surface area contributed by atoms with Crippen molar-refractivity contribution in [3.05, 3.63) is 51.6 Å². The van der Waals surface area contributed by atoms with Gasteiger partial charge in [-0.25, -0.2) is 18.9 Å². The van der Waals surface area contributed by atoms with Crippen molar-refractivity contribution in [2.75, 3.05) is 5.32 Å². The van der Waals surface area contributed by atoms with Crippen molar-refractivity contribution in [2.24, 2.45) is 0 Å². The summed E-state index contributed by atoms with van der Waals surface area (Å²) >= 11 is 0. The molecule has 4 rings (SSSR count). The van der Waals surface area contributed by atoms with Gasteiger partial charge < -0.3 is 10.6 Å². The Bertz CT molecular complexity index is 1120. The van der Waals surface area contributed by atoms with Crippen molar-refractivity contribution < 1.29 is 4.79 Å². The van der Waals surface area contributed by atoms with Crippen LogP contribution in [0.3, 0.4) is 0 Å². The van der Waals surface area contributed by atoms with Gasteiger partial charge in [-0.15, -0.1) is 5.10 Å². The lowest BCUT2D eigenvalue weighted by atomic mass is 9.95. The topological polar surface area (TPSA) is 93.3 Å². The van der Waals surface area contributed by atoms with Gasteiger partial charge in [0.05, 0.1) is 0 Å². The zero-order chi connectivity index (χ0) is 21.3. The van der Waals surface area contributed by atoms with Crippen LogP contribution >= 0.6 is 0 Å². The molecular formula is C22H28N6O2. The molecule has 0 unspecified atom stereocenters. The van der Waals surface area contributed by atoms with E-state index in [2.05, 4.69) is 26.8 Å². The maximum absolute atomic E-state index is 13.0. The molecule has 0 atom stereocenters. The van der Waals surface area contributed by atoms with E-state index in [0.717, 1.165) is 48.2 Å². The Labute approximate surface area is 175 Å². The normalized spacial score (nSPS) is 14.8. The lowest BCUT2D eigenvalue weighted by Crippen LogP contribution is -2.40. The largest absolute Gasteiger partial charge is 0.353 e. The maximum atomic E-state index is 13.0. The molecule has 1 aliphatic rings. The third-order valence-electron chi connectivity index (χ3n) is 5.44. The predicted molar refractivity (Wildman–Crippen MR) is 116 cm³/mol. The highest BCUT2D eigenvalue weighted by Crippen LogP contribution is 2.19. The van der Waals surface area contributed by atoms with Crippen LogP contribution in [0.25, 0.3) is 5.65 Å². The van der Waals surface area contributed by atoms with Crippen LogP contribution in [0, 0.1) is 20.8 Å². The second-order valence-electron chi connectivity index (χ2n) is 8.26. The molecule has 2 N–H and O–H groups in total. The monoisotopic (exact) mass is 408 g/mol. The molecular weight excluding hydrogens is 380 g/mol. The molecule has 0 radical (unpaired) electrons. The quantitative estimate of drug-likeness (QED) is 0.677. The van der Waals surface area contributed by atoms with E-state index < -0.39 is 0 Å². The molecule has 0 spiro atoms. The van der Waals surface area contributed by atoms with Crippen LogP contribution in [0.4, 0.5) is 11.6 Å². The Kier molecular flexibility index (Phi) is 5.57. The Morgan fingerprint density at radius 3 is 2.47 bits per heavy atom. The number of benzene rings is 1. The van der Waals surface area contributed by atoms with Gasteiger partial charge in [-0.1, -0.05) is 25.3 Å². The van der Waals surface area contributed by atoms with Gasteiger partial charge in [-0.3, -0.25) is 4.79 Å². The van der Waals surface area contributed by atoms with E-state index in [1.165, 1.54) is 15.5 Å². The van der Waals surface area contributed by atoms with E-state index >= 15 is 0 Å². The minimum Gasteiger partial charge on any atom is -0.352 e. The molecule has 1 amide bonds. The van der Waals surface area contributed by atoms with Gasteiger partial charge in [0.15, 0.2) is 5.65 Å². The first-order valence-corrected chi connectivity index (χ1v) is 10.5. The van der Waals surface area contributed by atoms with Crippen molar-refractivity contribution in [1.29, 1.82) is 0 Å². The molecule has 8 heteroatoms. The Hall–Kier alpha value is -3.16. The summed E-state index contributed by atoms with van der Waals surface area (Å²) in [5, 5.41) is 10.6. The summed E-state index contributed by atoms with van der Waals surface area (Å²) in [6, 6.07) is 8.01. The molecule has 1 fully saturated rings. The van der Waals surface area contributed by atoms with Crippen LogP contribution in [0.2, 0.25) is 0 Å². The zero-order valence-corrected chi connectivity index (χ0v) is 17.7. The summed E-state index contributed by atoms with van der Waals surface area (Å²) < 4.78 is 2.62. The second-order valence-corrected chi connectivity index (χ2v) is 8.26. The van der Waals surface area contributed by atoms with Crippen LogP contribution < -0.4 is 16.3 Å². The summed E-state index contributed by atoms with van der Waals surface area (Å²) in [7, 11) is 0. The van der Waals surface area contributed by atoms with Gasteiger partial charge in [0.25, 0.3) is 0 Å². The highest BCUT2D eigenvalue weighted by molar-refractivity contribution is 5.76. The lowest BCUT2D eigenvalue weighted by molar-refractivity contribution is -0.122. The molecule has 1 saturated carbocycles. The first kappa shape index (κ1) is 20.1. The molecule has 3 aromatic rings. The van der Waals surface area contributed by atoms with Crippen molar-refractivity contribution in [3.8, 4) is 0 Å². The van der Waals surface area contributed by atoms with Crippen molar-refractivity contribution >= 4 is 23.2 Å². The van der Waals surface area contributed by atoms with E-state index in [0.29, 0.717) is 11.6 Å². The van der Waals surface area contributed by atoms with Gasteiger partial charge >= 0.3 is 5.69 Å². The number of nitrogens with one attached hydrogen (secondary N) is 2. The van der Waals surface area contributed by atoms with Gasteiger partial charge in [-0.05, 0) is 56.9 Å². The Morgan fingerprint density at radius 2 is 1.77 bits per heavy atom. The molecule has 1 aromatic carbocycles. The summed E-state index contributed by atoms with van der Waals surface area (Å²) in [5.74, 6) is 0.208. The number of hydrogen-bond acceptors (Lipinski definition) is 5. The fourth-order valence-corrected chi connectivity index (χ4v) is 4.17. The Balaban J connectivity index is 1.62. The number of nitrogens with zero attached hydrogens (tertiary/aromatic N) is 4.